The van der Waals surface area contributed by atoms with E-state index in [4.69, 9.17) is 5.11 Å². The summed E-state index contributed by atoms with van der Waals surface area (Å²) in [6, 6.07) is 7.47. The predicted molar refractivity (Wildman–Crippen MR) is 99.0 cm³/mol. The minimum atomic E-state index is -0.826. The van der Waals surface area contributed by atoms with Crippen molar-refractivity contribution in [1.29, 1.82) is 0 Å². The fourth-order valence-electron chi connectivity index (χ4n) is 2.17. The summed E-state index contributed by atoms with van der Waals surface area (Å²) in [4.78, 5) is 28.1. The molecular formula is C17H20N2O3S2. The first-order valence-corrected chi connectivity index (χ1v) is 9.62. The molecule has 0 spiro atoms. The van der Waals surface area contributed by atoms with E-state index in [0.717, 1.165) is 29.1 Å². The van der Waals surface area contributed by atoms with Gasteiger partial charge in [0.2, 0.25) is 0 Å². The molecule has 0 bridgehead atoms. The third kappa shape index (κ3) is 5.35. The van der Waals surface area contributed by atoms with Crippen molar-refractivity contribution >= 4 is 40.7 Å². The molecule has 0 atom stereocenters. The summed E-state index contributed by atoms with van der Waals surface area (Å²) in [7, 11) is 0. The number of thioether (sulfide) groups is 1. The van der Waals surface area contributed by atoms with Crippen LogP contribution in [0.4, 0.5) is 5.69 Å². The number of aryl methyl sites for hydroxylation is 2. The van der Waals surface area contributed by atoms with Crippen LogP contribution >= 0.6 is 23.1 Å². The van der Waals surface area contributed by atoms with Gasteiger partial charge in [-0.05, 0) is 37.5 Å². The fraction of sp³-hybridized carbons (Fsp3) is 0.353. The molecule has 2 N–H and O–H groups in total. The Morgan fingerprint density at radius 3 is 2.88 bits per heavy atom. The highest BCUT2D eigenvalue weighted by atomic mass is 32.2. The zero-order valence-electron chi connectivity index (χ0n) is 13.7. The van der Waals surface area contributed by atoms with E-state index < -0.39 is 5.97 Å². The van der Waals surface area contributed by atoms with Crippen LogP contribution in [0, 0.1) is 6.92 Å². The number of amides is 1. The predicted octanol–water partition coefficient (Wildman–Crippen LogP) is 3.97. The van der Waals surface area contributed by atoms with Gasteiger partial charge in [0.05, 0.1) is 16.5 Å². The largest absolute Gasteiger partial charge is 0.481 e. The molecule has 1 aromatic carbocycles. The highest BCUT2D eigenvalue weighted by Crippen LogP contribution is 2.22. The molecule has 1 amide bonds. The van der Waals surface area contributed by atoms with Crippen LogP contribution < -0.4 is 5.32 Å². The van der Waals surface area contributed by atoms with Crippen molar-refractivity contribution in [3.05, 3.63) is 45.4 Å². The van der Waals surface area contributed by atoms with Gasteiger partial charge >= 0.3 is 5.97 Å². The average molecular weight is 364 g/mol. The van der Waals surface area contributed by atoms with Crippen molar-refractivity contribution < 1.29 is 14.7 Å². The first kappa shape index (κ1) is 18.5. The highest BCUT2D eigenvalue weighted by molar-refractivity contribution is 7.99. The quantitative estimate of drug-likeness (QED) is 0.741. The molecule has 0 fully saturated rings. The summed E-state index contributed by atoms with van der Waals surface area (Å²) in [6.07, 6.45) is 1.89. The van der Waals surface area contributed by atoms with Crippen LogP contribution in [0.1, 0.15) is 39.3 Å². The van der Waals surface area contributed by atoms with Crippen LogP contribution in [0.5, 0.6) is 0 Å². The third-order valence-electron chi connectivity index (χ3n) is 3.19. The number of hydrogen-bond acceptors (Lipinski definition) is 5. The minimum absolute atomic E-state index is 0.0663. The molecule has 0 radical (unpaired) electrons. The molecule has 1 aromatic heterocycles. The van der Waals surface area contributed by atoms with Crippen LogP contribution in [0.2, 0.25) is 0 Å². The number of nitrogens with zero attached hydrogens (tertiary/aromatic N) is 1. The summed E-state index contributed by atoms with van der Waals surface area (Å²) in [5.41, 5.74) is 2.44. The Morgan fingerprint density at radius 1 is 1.38 bits per heavy atom. The normalized spacial score (nSPS) is 10.6. The second-order valence-electron chi connectivity index (χ2n) is 5.31. The number of carboxylic acid groups (broad SMARTS) is 1. The fourth-order valence-corrected chi connectivity index (χ4v) is 3.92. The van der Waals surface area contributed by atoms with Crippen molar-refractivity contribution in [3.63, 3.8) is 0 Å². The Morgan fingerprint density at radius 2 is 2.17 bits per heavy atom. The van der Waals surface area contributed by atoms with E-state index in [-0.39, 0.29) is 11.7 Å². The summed E-state index contributed by atoms with van der Waals surface area (Å²) < 4.78 is 0. The number of benzene rings is 1. The average Bonchev–Trinajstić information content (AvgIpc) is 2.88. The van der Waals surface area contributed by atoms with Crippen LogP contribution in [0.25, 0.3) is 0 Å². The molecular weight excluding hydrogens is 344 g/mol. The molecule has 1 heterocycles. The number of rotatable bonds is 8. The topological polar surface area (TPSA) is 79.3 Å². The zero-order valence-corrected chi connectivity index (χ0v) is 15.3. The third-order valence-corrected chi connectivity index (χ3v) is 5.39. The molecule has 0 aliphatic carbocycles. The van der Waals surface area contributed by atoms with Crippen LogP contribution in [-0.4, -0.2) is 27.7 Å². The lowest BCUT2D eigenvalue weighted by atomic mass is 10.2. The Bertz CT molecular complexity index is 728. The Balaban J connectivity index is 2.02. The van der Waals surface area contributed by atoms with Gasteiger partial charge in [0.1, 0.15) is 4.88 Å². The van der Waals surface area contributed by atoms with Crippen molar-refractivity contribution in [3.8, 4) is 0 Å². The lowest BCUT2D eigenvalue weighted by Gasteiger charge is -2.06. The molecule has 0 aliphatic heterocycles. The molecule has 0 aliphatic rings. The van der Waals surface area contributed by atoms with Crippen molar-refractivity contribution in [2.24, 2.45) is 0 Å². The van der Waals surface area contributed by atoms with Crippen LogP contribution in [-0.2, 0) is 17.0 Å². The molecule has 5 nitrogen and oxygen atoms in total. The number of aromatic nitrogens is 1. The first-order chi connectivity index (χ1) is 11.5. The van der Waals surface area contributed by atoms with E-state index in [2.05, 4.69) is 17.2 Å². The van der Waals surface area contributed by atoms with E-state index in [9.17, 15) is 9.59 Å². The summed E-state index contributed by atoms with van der Waals surface area (Å²) in [6.45, 7) is 3.94. The van der Waals surface area contributed by atoms with Crippen molar-refractivity contribution in [2.75, 3.05) is 11.1 Å². The van der Waals surface area contributed by atoms with Crippen LogP contribution in [0.15, 0.2) is 24.3 Å². The molecule has 2 rings (SSSR count). The van der Waals surface area contributed by atoms with Gasteiger partial charge in [-0.1, -0.05) is 19.1 Å². The monoisotopic (exact) mass is 364 g/mol. The Hall–Kier alpha value is -1.86. The number of carbonyl (C=O) groups is 2. The van der Waals surface area contributed by atoms with E-state index in [1.165, 1.54) is 23.1 Å². The molecule has 24 heavy (non-hydrogen) atoms. The smallest absolute Gasteiger partial charge is 0.313 e. The second kappa shape index (κ2) is 8.84. The van der Waals surface area contributed by atoms with Gasteiger partial charge in [-0.15, -0.1) is 23.1 Å². The van der Waals surface area contributed by atoms with Gasteiger partial charge in [-0.25, -0.2) is 4.98 Å². The maximum absolute atomic E-state index is 12.4. The lowest BCUT2D eigenvalue weighted by molar-refractivity contribution is -0.133. The SMILES string of the molecule is CCCc1nc(C)c(C(=O)Nc2cccc(CSCC(=O)O)c2)s1. The van der Waals surface area contributed by atoms with Gasteiger partial charge in [-0.2, -0.15) is 0 Å². The Labute approximate surface area is 149 Å². The maximum Gasteiger partial charge on any atom is 0.313 e. The zero-order chi connectivity index (χ0) is 17.5. The highest BCUT2D eigenvalue weighted by Gasteiger charge is 2.15. The first-order valence-electron chi connectivity index (χ1n) is 7.65. The van der Waals surface area contributed by atoms with E-state index in [0.29, 0.717) is 16.3 Å². The summed E-state index contributed by atoms with van der Waals surface area (Å²) in [5.74, 6) is -0.316. The molecule has 0 saturated carbocycles. The number of nitrogens with one attached hydrogen (secondary N) is 1. The van der Waals surface area contributed by atoms with Gasteiger partial charge in [0.15, 0.2) is 0 Å². The number of aliphatic carboxylic acids is 1. The molecule has 128 valence electrons. The number of carboxylic acids is 1. The summed E-state index contributed by atoms with van der Waals surface area (Å²) in [5, 5.41) is 12.6. The standard InChI is InChI=1S/C17H20N2O3S2/c1-3-5-14-18-11(2)16(24-14)17(22)19-13-7-4-6-12(8-13)9-23-10-15(20)21/h4,6-8H,3,5,9-10H2,1-2H3,(H,19,22)(H,20,21). The van der Waals surface area contributed by atoms with E-state index in [1.807, 2.05) is 31.2 Å². The van der Waals surface area contributed by atoms with E-state index >= 15 is 0 Å². The Kier molecular flexibility index (Phi) is 6.81. The van der Waals surface area contributed by atoms with Crippen LogP contribution in [0.3, 0.4) is 0 Å². The molecule has 7 heteroatoms. The van der Waals surface area contributed by atoms with Gasteiger partial charge in [0.25, 0.3) is 5.91 Å². The van der Waals surface area contributed by atoms with Crippen molar-refractivity contribution in [1.82, 2.24) is 4.98 Å². The number of hydrogen-bond donors (Lipinski definition) is 2. The maximum atomic E-state index is 12.4. The molecule has 2 aromatic rings. The minimum Gasteiger partial charge on any atom is -0.481 e. The van der Waals surface area contributed by atoms with Gasteiger partial charge in [-0.3, -0.25) is 9.59 Å². The molecule has 0 unspecified atom stereocenters. The van der Waals surface area contributed by atoms with Gasteiger partial charge < -0.3 is 10.4 Å². The summed E-state index contributed by atoms with van der Waals surface area (Å²) >= 11 is 2.77. The lowest BCUT2D eigenvalue weighted by Crippen LogP contribution is -2.11. The van der Waals surface area contributed by atoms with Crippen molar-refractivity contribution in [2.45, 2.75) is 32.4 Å². The second-order valence-corrected chi connectivity index (χ2v) is 7.38. The molecule has 0 saturated heterocycles. The van der Waals surface area contributed by atoms with E-state index in [1.54, 1.807) is 0 Å². The van der Waals surface area contributed by atoms with Gasteiger partial charge in [0, 0.05) is 11.4 Å². The number of thiazole rings is 1. The number of carbonyl (C=O) groups excluding carboxylic acids is 1. The number of anilines is 1.